The standard InChI is InChI=1S/C20H31NO/c1-5-8-17(6-2)19(7-3)20-15-18(10-9-16(20)4)21-11-13-22-14-12-21/h9-10,15H,5-8,11-14H2,1-4H3/b19-17+. The fourth-order valence-electron chi connectivity index (χ4n) is 3.43. The Morgan fingerprint density at radius 1 is 1.09 bits per heavy atom. The molecule has 1 aliphatic heterocycles. The van der Waals surface area contributed by atoms with Gasteiger partial charge >= 0.3 is 0 Å². The molecular weight excluding hydrogens is 270 g/mol. The van der Waals surface area contributed by atoms with Gasteiger partial charge in [0.15, 0.2) is 0 Å². The van der Waals surface area contributed by atoms with Crippen molar-refractivity contribution in [3.05, 3.63) is 34.9 Å². The molecule has 0 N–H and O–H groups in total. The van der Waals surface area contributed by atoms with Crippen LogP contribution >= 0.6 is 0 Å². The fraction of sp³-hybridized carbons (Fsp3) is 0.600. The number of morpholine rings is 1. The van der Waals surface area contributed by atoms with Gasteiger partial charge < -0.3 is 9.64 Å². The molecule has 0 aromatic heterocycles. The Bertz CT molecular complexity index is 512. The number of anilines is 1. The van der Waals surface area contributed by atoms with E-state index in [9.17, 15) is 0 Å². The minimum atomic E-state index is 0.843. The predicted molar refractivity (Wildman–Crippen MR) is 96.6 cm³/mol. The van der Waals surface area contributed by atoms with Gasteiger partial charge in [-0.15, -0.1) is 0 Å². The first-order valence-corrected chi connectivity index (χ1v) is 8.85. The average molecular weight is 301 g/mol. The van der Waals surface area contributed by atoms with E-state index in [1.54, 1.807) is 11.1 Å². The molecule has 1 aromatic carbocycles. The molecule has 0 radical (unpaired) electrons. The van der Waals surface area contributed by atoms with E-state index in [0.29, 0.717) is 0 Å². The van der Waals surface area contributed by atoms with Gasteiger partial charge in [0.25, 0.3) is 0 Å². The van der Waals surface area contributed by atoms with Gasteiger partial charge in [0.1, 0.15) is 0 Å². The topological polar surface area (TPSA) is 12.5 Å². The molecule has 0 aliphatic carbocycles. The Balaban J connectivity index is 2.39. The van der Waals surface area contributed by atoms with Crippen LogP contribution < -0.4 is 4.90 Å². The highest BCUT2D eigenvalue weighted by atomic mass is 16.5. The van der Waals surface area contributed by atoms with Gasteiger partial charge in [-0.05, 0) is 55.0 Å². The van der Waals surface area contributed by atoms with Crippen molar-refractivity contribution in [1.82, 2.24) is 0 Å². The first kappa shape index (κ1) is 17.1. The molecule has 1 fully saturated rings. The summed E-state index contributed by atoms with van der Waals surface area (Å²) in [4.78, 5) is 2.45. The van der Waals surface area contributed by atoms with Crippen LogP contribution in [0, 0.1) is 6.92 Å². The van der Waals surface area contributed by atoms with Crippen molar-refractivity contribution in [3.8, 4) is 0 Å². The van der Waals surface area contributed by atoms with E-state index in [2.05, 4.69) is 50.8 Å². The second kappa shape index (κ2) is 8.38. The Hall–Kier alpha value is -1.28. The molecule has 1 heterocycles. The van der Waals surface area contributed by atoms with Crippen LogP contribution in [-0.4, -0.2) is 26.3 Å². The monoisotopic (exact) mass is 301 g/mol. The van der Waals surface area contributed by atoms with Gasteiger partial charge in [0.2, 0.25) is 0 Å². The number of benzene rings is 1. The van der Waals surface area contributed by atoms with Crippen LogP contribution in [0.1, 0.15) is 57.6 Å². The predicted octanol–water partition coefficient (Wildman–Crippen LogP) is 5.21. The van der Waals surface area contributed by atoms with Crippen molar-refractivity contribution >= 4 is 11.3 Å². The van der Waals surface area contributed by atoms with Crippen LogP contribution in [0.2, 0.25) is 0 Å². The minimum absolute atomic E-state index is 0.843. The fourth-order valence-corrected chi connectivity index (χ4v) is 3.43. The molecule has 2 rings (SSSR count). The minimum Gasteiger partial charge on any atom is -0.378 e. The molecule has 22 heavy (non-hydrogen) atoms. The third kappa shape index (κ3) is 3.92. The zero-order valence-electron chi connectivity index (χ0n) is 14.7. The molecule has 0 spiro atoms. The molecule has 2 heteroatoms. The van der Waals surface area contributed by atoms with Crippen molar-refractivity contribution in [2.24, 2.45) is 0 Å². The second-order valence-corrected chi connectivity index (χ2v) is 6.14. The summed E-state index contributed by atoms with van der Waals surface area (Å²) in [7, 11) is 0. The van der Waals surface area contributed by atoms with Gasteiger partial charge in [-0.2, -0.15) is 0 Å². The Morgan fingerprint density at radius 2 is 1.82 bits per heavy atom. The summed E-state index contributed by atoms with van der Waals surface area (Å²) < 4.78 is 5.48. The van der Waals surface area contributed by atoms with Crippen molar-refractivity contribution < 1.29 is 4.74 Å². The van der Waals surface area contributed by atoms with E-state index in [0.717, 1.165) is 39.1 Å². The maximum Gasteiger partial charge on any atom is 0.0642 e. The summed E-state index contributed by atoms with van der Waals surface area (Å²) in [5.41, 5.74) is 7.40. The highest BCUT2D eigenvalue weighted by Gasteiger charge is 2.14. The van der Waals surface area contributed by atoms with E-state index >= 15 is 0 Å². The third-order valence-corrected chi connectivity index (χ3v) is 4.68. The van der Waals surface area contributed by atoms with Gasteiger partial charge in [-0.3, -0.25) is 0 Å². The van der Waals surface area contributed by atoms with E-state index in [4.69, 9.17) is 4.74 Å². The molecule has 0 saturated carbocycles. The van der Waals surface area contributed by atoms with Gasteiger partial charge in [0, 0.05) is 18.8 Å². The van der Waals surface area contributed by atoms with Crippen LogP contribution in [0.25, 0.3) is 5.57 Å². The zero-order chi connectivity index (χ0) is 15.9. The average Bonchev–Trinajstić information content (AvgIpc) is 2.57. The molecule has 2 nitrogen and oxygen atoms in total. The summed E-state index contributed by atoms with van der Waals surface area (Å²) >= 11 is 0. The van der Waals surface area contributed by atoms with E-state index in [-0.39, 0.29) is 0 Å². The number of hydrogen-bond donors (Lipinski definition) is 0. The number of rotatable bonds is 6. The number of nitrogens with zero attached hydrogens (tertiary/aromatic N) is 1. The highest BCUT2D eigenvalue weighted by molar-refractivity contribution is 5.74. The summed E-state index contributed by atoms with van der Waals surface area (Å²) in [6, 6.07) is 6.96. The van der Waals surface area contributed by atoms with Crippen molar-refractivity contribution in [1.29, 1.82) is 0 Å². The summed E-state index contributed by atoms with van der Waals surface area (Å²) in [6.45, 7) is 12.8. The molecular formula is C20H31NO. The maximum atomic E-state index is 5.48. The maximum absolute atomic E-state index is 5.48. The lowest BCUT2D eigenvalue weighted by molar-refractivity contribution is 0.122. The Labute approximate surface area is 136 Å². The largest absolute Gasteiger partial charge is 0.378 e. The molecule has 0 amide bonds. The summed E-state index contributed by atoms with van der Waals surface area (Å²) in [6.07, 6.45) is 4.74. The molecule has 0 atom stereocenters. The van der Waals surface area contributed by atoms with E-state index in [1.807, 2.05) is 0 Å². The molecule has 122 valence electrons. The number of ether oxygens (including phenoxy) is 1. The molecule has 1 aliphatic rings. The lowest BCUT2D eigenvalue weighted by Gasteiger charge is -2.30. The van der Waals surface area contributed by atoms with Crippen molar-refractivity contribution in [2.75, 3.05) is 31.2 Å². The van der Waals surface area contributed by atoms with Gasteiger partial charge in [0.05, 0.1) is 13.2 Å². The Morgan fingerprint density at radius 3 is 2.41 bits per heavy atom. The van der Waals surface area contributed by atoms with E-state index in [1.165, 1.54) is 29.7 Å². The van der Waals surface area contributed by atoms with Crippen LogP contribution in [0.15, 0.2) is 23.8 Å². The second-order valence-electron chi connectivity index (χ2n) is 6.14. The zero-order valence-corrected chi connectivity index (χ0v) is 14.7. The van der Waals surface area contributed by atoms with Gasteiger partial charge in [-0.25, -0.2) is 0 Å². The first-order chi connectivity index (χ1) is 10.7. The first-order valence-electron chi connectivity index (χ1n) is 8.85. The van der Waals surface area contributed by atoms with Gasteiger partial charge in [-0.1, -0.05) is 38.8 Å². The van der Waals surface area contributed by atoms with Crippen molar-refractivity contribution in [2.45, 2.75) is 53.4 Å². The van der Waals surface area contributed by atoms with Crippen LogP contribution in [0.5, 0.6) is 0 Å². The third-order valence-electron chi connectivity index (χ3n) is 4.68. The molecule has 1 saturated heterocycles. The summed E-state index contributed by atoms with van der Waals surface area (Å²) in [5.74, 6) is 0. The van der Waals surface area contributed by atoms with Crippen molar-refractivity contribution in [3.63, 3.8) is 0 Å². The number of aryl methyl sites for hydroxylation is 1. The molecule has 1 aromatic rings. The normalized spacial score (nSPS) is 16.6. The van der Waals surface area contributed by atoms with E-state index < -0.39 is 0 Å². The van der Waals surface area contributed by atoms with Crippen LogP contribution in [0.4, 0.5) is 5.69 Å². The van der Waals surface area contributed by atoms with Crippen LogP contribution in [0.3, 0.4) is 0 Å². The smallest absolute Gasteiger partial charge is 0.0642 e. The number of allylic oxidation sites excluding steroid dienone is 2. The quantitative estimate of drug-likeness (QED) is 0.715. The lowest BCUT2D eigenvalue weighted by atomic mass is 9.90. The molecule has 0 unspecified atom stereocenters. The van der Waals surface area contributed by atoms with Crippen LogP contribution in [-0.2, 0) is 4.74 Å². The SMILES string of the molecule is CCC/C(CC)=C(\CC)c1cc(N2CCOCC2)ccc1C. The Kier molecular flexibility index (Phi) is 6.50. The highest BCUT2D eigenvalue weighted by Crippen LogP contribution is 2.32. The summed E-state index contributed by atoms with van der Waals surface area (Å²) in [5, 5.41) is 0. The number of hydrogen-bond acceptors (Lipinski definition) is 2. The lowest BCUT2D eigenvalue weighted by Crippen LogP contribution is -2.36. The molecule has 0 bridgehead atoms.